The molecule has 0 aromatic heterocycles. The molecule has 0 radical (unpaired) electrons. The second-order valence-corrected chi connectivity index (χ2v) is 3.83. The molecule has 1 aliphatic rings. The van der Waals surface area contributed by atoms with Crippen molar-refractivity contribution >= 4 is 11.9 Å². The lowest BCUT2D eigenvalue weighted by Crippen LogP contribution is -2.46. The molecule has 5 heteroatoms. The van der Waals surface area contributed by atoms with E-state index in [-0.39, 0.29) is 24.7 Å². The molecule has 0 aromatic carbocycles. The molecule has 1 amide bonds. The van der Waals surface area contributed by atoms with Gasteiger partial charge in [-0.2, -0.15) is 0 Å². The molecule has 86 valence electrons. The first-order valence-corrected chi connectivity index (χ1v) is 5.20. The second-order valence-electron chi connectivity index (χ2n) is 3.83. The van der Waals surface area contributed by atoms with E-state index < -0.39 is 5.97 Å². The van der Waals surface area contributed by atoms with Crippen molar-refractivity contribution in [2.45, 2.75) is 44.8 Å². The van der Waals surface area contributed by atoms with Crippen molar-refractivity contribution in [2.24, 2.45) is 0 Å². The SMILES string of the molecule is CC(=O)N[C@@H]1CCCC[C@H]1OCC(=O)O. The van der Waals surface area contributed by atoms with Crippen LogP contribution in [-0.2, 0) is 14.3 Å². The molecule has 0 aliphatic heterocycles. The first kappa shape index (κ1) is 12.0. The van der Waals surface area contributed by atoms with Gasteiger partial charge in [-0.1, -0.05) is 12.8 Å². The van der Waals surface area contributed by atoms with Gasteiger partial charge in [0, 0.05) is 6.92 Å². The molecule has 0 heterocycles. The van der Waals surface area contributed by atoms with Gasteiger partial charge in [-0.05, 0) is 12.8 Å². The van der Waals surface area contributed by atoms with Crippen molar-refractivity contribution in [3.63, 3.8) is 0 Å². The fraction of sp³-hybridized carbons (Fsp3) is 0.800. The van der Waals surface area contributed by atoms with Crippen molar-refractivity contribution in [3.05, 3.63) is 0 Å². The molecular weight excluding hydrogens is 198 g/mol. The molecule has 1 fully saturated rings. The minimum absolute atomic E-state index is 0.0319. The van der Waals surface area contributed by atoms with E-state index >= 15 is 0 Å². The van der Waals surface area contributed by atoms with Crippen LogP contribution in [0.1, 0.15) is 32.6 Å². The van der Waals surface area contributed by atoms with Gasteiger partial charge in [-0.3, -0.25) is 4.79 Å². The summed E-state index contributed by atoms with van der Waals surface area (Å²) >= 11 is 0. The van der Waals surface area contributed by atoms with Crippen LogP contribution >= 0.6 is 0 Å². The Morgan fingerprint density at radius 2 is 2.07 bits per heavy atom. The Morgan fingerprint density at radius 3 is 2.67 bits per heavy atom. The Balaban J connectivity index is 2.42. The Hall–Kier alpha value is -1.10. The van der Waals surface area contributed by atoms with Crippen LogP contribution in [0.5, 0.6) is 0 Å². The monoisotopic (exact) mass is 215 g/mol. The molecule has 2 atom stereocenters. The lowest BCUT2D eigenvalue weighted by atomic mass is 9.92. The fourth-order valence-corrected chi connectivity index (χ4v) is 1.90. The summed E-state index contributed by atoms with van der Waals surface area (Å²) in [5, 5.41) is 11.3. The lowest BCUT2D eigenvalue weighted by Gasteiger charge is -2.31. The zero-order valence-electron chi connectivity index (χ0n) is 8.86. The fourth-order valence-electron chi connectivity index (χ4n) is 1.90. The van der Waals surface area contributed by atoms with E-state index in [2.05, 4.69) is 5.32 Å². The van der Waals surface area contributed by atoms with Gasteiger partial charge in [0.25, 0.3) is 0 Å². The topological polar surface area (TPSA) is 75.6 Å². The molecule has 1 saturated carbocycles. The number of hydrogen-bond donors (Lipinski definition) is 2. The van der Waals surface area contributed by atoms with Crippen LogP contribution in [0.25, 0.3) is 0 Å². The molecule has 0 spiro atoms. The summed E-state index contributed by atoms with van der Waals surface area (Å²) in [4.78, 5) is 21.3. The van der Waals surface area contributed by atoms with Gasteiger partial charge in [0.05, 0.1) is 12.1 Å². The number of carbonyl (C=O) groups is 2. The molecule has 1 rings (SSSR count). The van der Waals surface area contributed by atoms with Crippen LogP contribution < -0.4 is 5.32 Å². The van der Waals surface area contributed by atoms with Crippen molar-refractivity contribution in [3.8, 4) is 0 Å². The minimum atomic E-state index is -0.970. The quantitative estimate of drug-likeness (QED) is 0.717. The summed E-state index contributed by atoms with van der Waals surface area (Å²) in [6.45, 7) is 1.17. The maximum Gasteiger partial charge on any atom is 0.329 e. The number of hydrogen-bond acceptors (Lipinski definition) is 3. The average Bonchev–Trinajstić information content (AvgIpc) is 2.15. The predicted octanol–water partition coefficient (Wildman–Crippen LogP) is 0.535. The van der Waals surface area contributed by atoms with Crippen molar-refractivity contribution in [1.82, 2.24) is 5.32 Å². The molecule has 1 aliphatic carbocycles. The largest absolute Gasteiger partial charge is 0.480 e. The van der Waals surface area contributed by atoms with E-state index in [1.54, 1.807) is 0 Å². The van der Waals surface area contributed by atoms with Crippen LogP contribution in [0.3, 0.4) is 0 Å². The molecule has 0 saturated heterocycles. The van der Waals surface area contributed by atoms with Gasteiger partial charge < -0.3 is 15.2 Å². The van der Waals surface area contributed by atoms with Gasteiger partial charge in [-0.25, -0.2) is 4.79 Å². The highest BCUT2D eigenvalue weighted by Gasteiger charge is 2.26. The van der Waals surface area contributed by atoms with E-state index in [9.17, 15) is 9.59 Å². The number of rotatable bonds is 4. The molecule has 0 bridgehead atoms. The summed E-state index contributed by atoms with van der Waals surface area (Å²) in [7, 11) is 0. The first-order valence-electron chi connectivity index (χ1n) is 5.20. The number of carboxylic acid groups (broad SMARTS) is 1. The van der Waals surface area contributed by atoms with Crippen LogP contribution in [0, 0.1) is 0 Å². The van der Waals surface area contributed by atoms with Crippen LogP contribution in [-0.4, -0.2) is 35.7 Å². The van der Waals surface area contributed by atoms with E-state index in [0.29, 0.717) is 0 Å². The first-order chi connectivity index (χ1) is 7.09. The van der Waals surface area contributed by atoms with Gasteiger partial charge in [0.2, 0.25) is 5.91 Å². The third-order valence-electron chi connectivity index (χ3n) is 2.51. The minimum Gasteiger partial charge on any atom is -0.480 e. The third kappa shape index (κ3) is 4.29. The van der Waals surface area contributed by atoms with Crippen LogP contribution in [0.4, 0.5) is 0 Å². The van der Waals surface area contributed by atoms with Crippen molar-refractivity contribution in [1.29, 1.82) is 0 Å². The molecule has 0 unspecified atom stereocenters. The summed E-state index contributed by atoms with van der Waals surface area (Å²) < 4.78 is 5.24. The highest BCUT2D eigenvalue weighted by molar-refractivity contribution is 5.73. The third-order valence-corrected chi connectivity index (χ3v) is 2.51. The van der Waals surface area contributed by atoms with E-state index in [4.69, 9.17) is 9.84 Å². The van der Waals surface area contributed by atoms with E-state index in [0.717, 1.165) is 25.7 Å². The summed E-state index contributed by atoms with van der Waals surface area (Å²) in [6, 6.07) is -0.0319. The Kier molecular flexibility index (Phi) is 4.55. The zero-order chi connectivity index (χ0) is 11.3. The number of ether oxygens (including phenoxy) is 1. The number of carbonyl (C=O) groups excluding carboxylic acids is 1. The smallest absolute Gasteiger partial charge is 0.329 e. The summed E-state index contributed by atoms with van der Waals surface area (Å²) in [5.41, 5.74) is 0. The zero-order valence-corrected chi connectivity index (χ0v) is 8.86. The van der Waals surface area contributed by atoms with E-state index in [1.807, 2.05) is 0 Å². The molecular formula is C10H17NO4. The van der Waals surface area contributed by atoms with Crippen molar-refractivity contribution in [2.75, 3.05) is 6.61 Å². The van der Waals surface area contributed by atoms with E-state index in [1.165, 1.54) is 6.92 Å². The lowest BCUT2D eigenvalue weighted by molar-refractivity contribution is -0.145. The van der Waals surface area contributed by atoms with Gasteiger partial charge in [0.1, 0.15) is 6.61 Å². The second kappa shape index (κ2) is 5.70. The molecule has 5 nitrogen and oxygen atoms in total. The Bertz CT molecular complexity index is 242. The molecule has 0 aromatic rings. The highest BCUT2D eigenvalue weighted by Crippen LogP contribution is 2.21. The number of nitrogens with one attached hydrogen (secondary N) is 1. The van der Waals surface area contributed by atoms with Gasteiger partial charge >= 0.3 is 5.97 Å². The number of carboxylic acids is 1. The molecule has 15 heavy (non-hydrogen) atoms. The summed E-state index contributed by atoms with van der Waals surface area (Å²) in [5.74, 6) is -1.06. The average molecular weight is 215 g/mol. The van der Waals surface area contributed by atoms with Crippen LogP contribution in [0.15, 0.2) is 0 Å². The maximum absolute atomic E-state index is 10.9. The highest BCUT2D eigenvalue weighted by atomic mass is 16.5. The van der Waals surface area contributed by atoms with Gasteiger partial charge in [-0.15, -0.1) is 0 Å². The standard InChI is InChI=1S/C10H17NO4/c1-7(12)11-8-4-2-3-5-9(8)15-6-10(13)14/h8-9H,2-6H2,1H3,(H,11,12)(H,13,14)/t8-,9-/m1/s1. The number of amides is 1. The Morgan fingerprint density at radius 1 is 1.40 bits per heavy atom. The predicted molar refractivity (Wildman–Crippen MR) is 53.4 cm³/mol. The van der Waals surface area contributed by atoms with Crippen molar-refractivity contribution < 1.29 is 19.4 Å². The normalized spacial score (nSPS) is 25.9. The van der Waals surface area contributed by atoms with Crippen LogP contribution in [0.2, 0.25) is 0 Å². The molecule has 2 N–H and O–H groups in total. The number of aliphatic carboxylic acids is 1. The Labute approximate surface area is 88.8 Å². The maximum atomic E-state index is 10.9. The summed E-state index contributed by atoms with van der Waals surface area (Å²) in [6.07, 6.45) is 3.61. The van der Waals surface area contributed by atoms with Gasteiger partial charge in [0.15, 0.2) is 0 Å².